The van der Waals surface area contributed by atoms with Crippen LogP contribution in [-0.2, 0) is 4.79 Å². The summed E-state index contributed by atoms with van der Waals surface area (Å²) in [6, 6.07) is 14.9. The lowest BCUT2D eigenvalue weighted by Gasteiger charge is -2.37. The van der Waals surface area contributed by atoms with Crippen LogP contribution in [0, 0.1) is 13.8 Å². The van der Waals surface area contributed by atoms with Gasteiger partial charge in [-0.3, -0.25) is 9.78 Å². The molecule has 0 radical (unpaired) electrons. The number of aromatic nitrogens is 1. The highest BCUT2D eigenvalue weighted by Gasteiger charge is 2.28. The fourth-order valence-electron chi connectivity index (χ4n) is 4.68. The van der Waals surface area contributed by atoms with E-state index in [2.05, 4.69) is 62.3 Å². The molecular formula is C26H31N3O2. The number of piperazine rings is 1. The van der Waals surface area contributed by atoms with Gasteiger partial charge in [0.25, 0.3) is 5.91 Å². The second kappa shape index (κ2) is 8.67. The molecule has 1 aliphatic rings. The lowest BCUT2D eigenvalue weighted by Crippen LogP contribution is -2.57. The summed E-state index contributed by atoms with van der Waals surface area (Å²) in [5, 5.41) is 4.54. The van der Waals surface area contributed by atoms with Crippen LogP contribution in [0.3, 0.4) is 0 Å². The van der Waals surface area contributed by atoms with Crippen molar-refractivity contribution in [2.24, 2.45) is 0 Å². The van der Waals surface area contributed by atoms with Gasteiger partial charge in [-0.1, -0.05) is 18.2 Å². The van der Waals surface area contributed by atoms with E-state index in [1.807, 2.05) is 36.2 Å². The molecule has 0 spiro atoms. The number of nitrogens with zero attached hydrogens (tertiary/aromatic N) is 2. The maximum Gasteiger partial charge on any atom is 0.263 e. The molecule has 5 heteroatoms. The van der Waals surface area contributed by atoms with Crippen molar-refractivity contribution in [1.82, 2.24) is 15.2 Å². The molecule has 0 aliphatic carbocycles. The maximum atomic E-state index is 12.9. The summed E-state index contributed by atoms with van der Waals surface area (Å²) in [7, 11) is 0. The van der Waals surface area contributed by atoms with E-state index in [1.165, 1.54) is 22.3 Å². The summed E-state index contributed by atoms with van der Waals surface area (Å²) in [5.41, 5.74) is 5.76. The van der Waals surface area contributed by atoms with Gasteiger partial charge in [0.15, 0.2) is 6.10 Å². The van der Waals surface area contributed by atoms with Crippen LogP contribution in [0.4, 0.5) is 0 Å². The maximum absolute atomic E-state index is 12.9. The van der Waals surface area contributed by atoms with Gasteiger partial charge in [0.1, 0.15) is 5.75 Å². The molecular weight excluding hydrogens is 386 g/mol. The van der Waals surface area contributed by atoms with Gasteiger partial charge in [0.2, 0.25) is 0 Å². The Kier molecular flexibility index (Phi) is 5.96. The van der Waals surface area contributed by atoms with E-state index in [1.54, 1.807) is 0 Å². The second-order valence-electron chi connectivity index (χ2n) is 8.78. The van der Waals surface area contributed by atoms with E-state index in [9.17, 15) is 4.79 Å². The molecule has 3 atom stereocenters. The van der Waals surface area contributed by atoms with Gasteiger partial charge < -0.3 is 15.0 Å². The number of carbonyl (C=O) groups is 1. The number of rotatable bonds is 4. The molecule has 2 heterocycles. The Labute approximate surface area is 184 Å². The molecule has 1 fully saturated rings. The Hall–Kier alpha value is -2.92. The van der Waals surface area contributed by atoms with Crippen molar-refractivity contribution >= 4 is 16.8 Å². The van der Waals surface area contributed by atoms with Crippen molar-refractivity contribution in [3.8, 4) is 16.9 Å². The first-order valence-corrected chi connectivity index (χ1v) is 11.0. The predicted octanol–water partition coefficient (Wildman–Crippen LogP) is 4.49. The highest BCUT2D eigenvalue weighted by Crippen LogP contribution is 2.33. The second-order valence-corrected chi connectivity index (χ2v) is 8.78. The number of hydrogen-bond acceptors (Lipinski definition) is 4. The fraction of sp³-hybridized carbons (Fsp3) is 0.385. The number of amides is 1. The third kappa shape index (κ3) is 4.42. The Morgan fingerprint density at radius 2 is 1.77 bits per heavy atom. The van der Waals surface area contributed by atoms with Crippen LogP contribution < -0.4 is 10.1 Å². The van der Waals surface area contributed by atoms with Gasteiger partial charge >= 0.3 is 0 Å². The third-order valence-electron chi connectivity index (χ3n) is 5.99. The number of aryl methyl sites for hydroxylation is 2. The lowest BCUT2D eigenvalue weighted by atomic mass is 9.93. The van der Waals surface area contributed by atoms with E-state index in [4.69, 9.17) is 4.74 Å². The normalized spacial score (nSPS) is 20.0. The van der Waals surface area contributed by atoms with Crippen LogP contribution >= 0.6 is 0 Å². The van der Waals surface area contributed by atoms with Crippen molar-refractivity contribution < 1.29 is 9.53 Å². The average molecular weight is 418 g/mol. The van der Waals surface area contributed by atoms with Crippen LogP contribution in [0.5, 0.6) is 5.75 Å². The minimum Gasteiger partial charge on any atom is -0.481 e. The van der Waals surface area contributed by atoms with Gasteiger partial charge in [-0.2, -0.15) is 0 Å². The van der Waals surface area contributed by atoms with E-state index in [0.29, 0.717) is 18.8 Å². The number of pyridine rings is 1. The number of benzene rings is 2. The van der Waals surface area contributed by atoms with Gasteiger partial charge in [-0.05, 0) is 75.1 Å². The summed E-state index contributed by atoms with van der Waals surface area (Å²) in [6.45, 7) is 11.7. The number of fused-ring (bicyclic) bond motifs is 1. The van der Waals surface area contributed by atoms with Crippen LogP contribution in [0.1, 0.15) is 31.9 Å². The molecule has 4 rings (SSSR count). The number of nitrogens with one attached hydrogen (secondary N) is 1. The van der Waals surface area contributed by atoms with Crippen LogP contribution in [-0.4, -0.2) is 47.1 Å². The Bertz CT molecular complexity index is 1080. The Balaban J connectivity index is 1.58. The van der Waals surface area contributed by atoms with E-state index in [0.717, 1.165) is 10.9 Å². The summed E-state index contributed by atoms with van der Waals surface area (Å²) >= 11 is 0. The van der Waals surface area contributed by atoms with Crippen LogP contribution in [0.2, 0.25) is 0 Å². The smallest absolute Gasteiger partial charge is 0.263 e. The average Bonchev–Trinajstić information content (AvgIpc) is 2.72. The van der Waals surface area contributed by atoms with Crippen molar-refractivity contribution in [2.75, 3.05) is 13.1 Å². The SMILES string of the molecule is Cc1cccc(C)c1-c1ccnc2cc(O[C@H](C)C(=O)N3CC(C)NC(C)C3)ccc12. The predicted molar refractivity (Wildman–Crippen MR) is 125 cm³/mol. The standard InChI is InChI=1S/C26H31N3O2/c1-16-7-6-8-17(2)25(16)23-11-12-27-24-13-21(9-10-22(23)24)31-20(5)26(30)29-14-18(3)28-19(4)15-29/h6-13,18-20,28H,14-15H2,1-5H3/t18?,19?,20-/m1/s1. The van der Waals surface area contributed by atoms with Crippen LogP contribution in [0.15, 0.2) is 48.7 Å². The van der Waals surface area contributed by atoms with E-state index in [-0.39, 0.29) is 18.0 Å². The molecule has 3 aromatic rings. The molecule has 1 aromatic heterocycles. The van der Waals surface area contributed by atoms with Gasteiger partial charge in [0, 0.05) is 42.8 Å². The fourth-order valence-corrected chi connectivity index (χ4v) is 4.68. The van der Waals surface area contributed by atoms with Gasteiger partial charge in [-0.25, -0.2) is 0 Å². The zero-order valence-electron chi connectivity index (χ0n) is 19.0. The van der Waals surface area contributed by atoms with E-state index >= 15 is 0 Å². The molecule has 0 saturated carbocycles. The molecule has 5 nitrogen and oxygen atoms in total. The number of hydrogen-bond donors (Lipinski definition) is 1. The zero-order chi connectivity index (χ0) is 22.1. The molecule has 2 unspecified atom stereocenters. The van der Waals surface area contributed by atoms with Crippen LogP contribution in [0.25, 0.3) is 22.0 Å². The number of carbonyl (C=O) groups excluding carboxylic acids is 1. The molecule has 2 aromatic carbocycles. The highest BCUT2D eigenvalue weighted by molar-refractivity contribution is 5.96. The molecule has 1 saturated heterocycles. The minimum atomic E-state index is -0.545. The molecule has 1 amide bonds. The van der Waals surface area contributed by atoms with Gasteiger partial charge in [-0.15, -0.1) is 0 Å². The highest BCUT2D eigenvalue weighted by atomic mass is 16.5. The molecule has 1 aliphatic heterocycles. The summed E-state index contributed by atoms with van der Waals surface area (Å²) in [6.07, 6.45) is 1.29. The quantitative estimate of drug-likeness (QED) is 0.679. The van der Waals surface area contributed by atoms with Crippen molar-refractivity contribution in [1.29, 1.82) is 0 Å². The lowest BCUT2D eigenvalue weighted by molar-refractivity contribution is -0.139. The first kappa shape index (κ1) is 21.3. The largest absolute Gasteiger partial charge is 0.481 e. The molecule has 162 valence electrons. The van der Waals surface area contributed by atoms with Gasteiger partial charge in [0.05, 0.1) is 5.52 Å². The topological polar surface area (TPSA) is 54.5 Å². The zero-order valence-corrected chi connectivity index (χ0v) is 19.0. The molecule has 0 bridgehead atoms. The monoisotopic (exact) mass is 417 g/mol. The summed E-state index contributed by atoms with van der Waals surface area (Å²) in [4.78, 5) is 19.4. The van der Waals surface area contributed by atoms with Crippen molar-refractivity contribution in [2.45, 2.75) is 52.8 Å². The molecule has 1 N–H and O–H groups in total. The number of ether oxygens (including phenoxy) is 1. The Morgan fingerprint density at radius 1 is 1.10 bits per heavy atom. The summed E-state index contributed by atoms with van der Waals surface area (Å²) in [5.74, 6) is 0.688. The third-order valence-corrected chi connectivity index (χ3v) is 5.99. The summed E-state index contributed by atoms with van der Waals surface area (Å²) < 4.78 is 6.05. The minimum absolute atomic E-state index is 0.0255. The first-order chi connectivity index (χ1) is 14.8. The van der Waals surface area contributed by atoms with Crippen molar-refractivity contribution in [3.05, 3.63) is 59.8 Å². The first-order valence-electron chi connectivity index (χ1n) is 11.0. The molecule has 31 heavy (non-hydrogen) atoms. The van der Waals surface area contributed by atoms with Crippen molar-refractivity contribution in [3.63, 3.8) is 0 Å². The van der Waals surface area contributed by atoms with E-state index < -0.39 is 6.10 Å². The Morgan fingerprint density at radius 3 is 2.45 bits per heavy atom.